The summed E-state index contributed by atoms with van der Waals surface area (Å²) in [5.41, 5.74) is -3.49. The number of hydrogen-bond donors (Lipinski definition) is 2. The van der Waals surface area contributed by atoms with E-state index in [1.807, 2.05) is 6.92 Å². The van der Waals surface area contributed by atoms with E-state index in [9.17, 15) is 36.7 Å². The van der Waals surface area contributed by atoms with Crippen molar-refractivity contribution in [2.45, 2.75) is 148 Å². The van der Waals surface area contributed by atoms with Gasteiger partial charge in [-0.2, -0.15) is 0 Å². The first kappa shape index (κ1) is 47.0. The third kappa shape index (κ3) is 19.1. The third-order valence-electron chi connectivity index (χ3n) is 8.41. The fourth-order valence-electron chi connectivity index (χ4n) is 5.49. The largest absolute Gasteiger partial charge is 0.494 e. The molecule has 10 nitrogen and oxygen atoms in total. The summed E-state index contributed by atoms with van der Waals surface area (Å²) in [5, 5.41) is 14.1. The van der Waals surface area contributed by atoms with Crippen molar-refractivity contribution in [1.29, 1.82) is 0 Å². The van der Waals surface area contributed by atoms with Gasteiger partial charge in [0.05, 0.1) is 31.1 Å². The molecule has 0 spiro atoms. The Kier molecular flexibility index (Phi) is 21.9. The summed E-state index contributed by atoms with van der Waals surface area (Å²) >= 11 is 0. The van der Waals surface area contributed by atoms with Crippen LogP contribution in [0.3, 0.4) is 0 Å². The van der Waals surface area contributed by atoms with Gasteiger partial charge >= 0.3 is 11.9 Å². The number of carbonyl (C=O) groups is 3. The Hall–Kier alpha value is -3.06. The maximum Gasteiger partial charge on any atom is 0.340 e. The molecule has 1 rings (SSSR count). The number of aliphatic hydroxyl groups is 1. The Morgan fingerprint density at radius 2 is 1.46 bits per heavy atom. The van der Waals surface area contributed by atoms with E-state index < -0.39 is 63.7 Å². The minimum atomic E-state index is -3.18. The minimum absolute atomic E-state index is 0.0294. The number of unbranched alkanes of at least 4 members (excludes halogenated alkanes) is 9. The van der Waals surface area contributed by atoms with Crippen LogP contribution < -0.4 is 10.1 Å². The second-order valence-corrected chi connectivity index (χ2v) is 16.6. The molecule has 0 aliphatic rings. The summed E-state index contributed by atoms with van der Waals surface area (Å²) in [5.74, 6) is -4.15. The number of halogens is 2. The molecule has 13 heteroatoms. The van der Waals surface area contributed by atoms with Gasteiger partial charge in [0.15, 0.2) is 5.60 Å². The van der Waals surface area contributed by atoms with Gasteiger partial charge in [-0.1, -0.05) is 83.1 Å². The van der Waals surface area contributed by atoms with Gasteiger partial charge in [-0.05, 0) is 70.6 Å². The van der Waals surface area contributed by atoms with Crippen molar-refractivity contribution in [1.82, 2.24) is 5.32 Å². The molecule has 0 saturated carbocycles. The van der Waals surface area contributed by atoms with Crippen LogP contribution in [0, 0.1) is 5.92 Å². The molecule has 1 aromatic rings. The summed E-state index contributed by atoms with van der Waals surface area (Å²) in [6, 6.07) is 5.62. The number of hydrogen-bond acceptors (Lipinski definition) is 9. The molecule has 2 N–H and O–H groups in total. The van der Waals surface area contributed by atoms with Crippen LogP contribution >= 0.6 is 0 Å². The van der Waals surface area contributed by atoms with Crippen molar-refractivity contribution in [3.05, 3.63) is 42.0 Å². The van der Waals surface area contributed by atoms with Gasteiger partial charge in [0.25, 0.3) is 0 Å². The third-order valence-corrected chi connectivity index (χ3v) is 10.2. The average Bonchev–Trinajstić information content (AvgIpc) is 3.06. The van der Waals surface area contributed by atoms with Crippen LogP contribution in [0.1, 0.15) is 124 Å². The lowest BCUT2D eigenvalue weighted by atomic mass is 9.82. The van der Waals surface area contributed by atoms with Crippen molar-refractivity contribution in [2.24, 2.45) is 5.92 Å². The van der Waals surface area contributed by atoms with Crippen molar-refractivity contribution < 1.29 is 50.9 Å². The predicted octanol–water partition coefficient (Wildman–Crippen LogP) is 7.30. The second kappa shape index (κ2) is 24.3. The van der Waals surface area contributed by atoms with Gasteiger partial charge in [0, 0.05) is 12.8 Å². The van der Waals surface area contributed by atoms with Gasteiger partial charge in [-0.25, -0.2) is 26.8 Å². The van der Waals surface area contributed by atoms with Gasteiger partial charge in [0.2, 0.25) is 12.3 Å². The normalized spacial score (nSPS) is 14.5. The van der Waals surface area contributed by atoms with Gasteiger partial charge in [-0.3, -0.25) is 4.79 Å². The lowest BCUT2D eigenvalue weighted by molar-refractivity contribution is -0.188. The lowest BCUT2D eigenvalue weighted by Gasteiger charge is -2.34. The maximum atomic E-state index is 13.9. The standard InChI is InChI=1S/C39H63F2NO9S/c1-7-9-11-15-18-26-52(47,48)27-19-16-13-12-14-17-20-32(39(46,29-34(40)41)37(45)51-38(3,4)5)35(43)42-33(36(44)49-6)28-30-21-23-31(24-22-30)50-25-10-8-2/h17,20-24,32-34,46H,7-16,18-19,25-29H2,1-6H3,(H,42,43)/b20-17+/t32-,33+,39+/m1/s1. The van der Waals surface area contributed by atoms with Crippen LogP contribution in [0.2, 0.25) is 0 Å². The SMILES string of the molecule is CCCCCCCS(=O)(=O)CCCCCC/C=C/[C@H](C(=O)N[C@@H](Cc1ccc(OCCCC)cc1)C(=O)OC)[C@@](O)(CC(F)F)C(=O)OC(C)(C)C. The zero-order valence-electron chi connectivity index (χ0n) is 32.1. The monoisotopic (exact) mass is 759 g/mol. The van der Waals surface area contributed by atoms with Crippen LogP contribution in [0.15, 0.2) is 36.4 Å². The molecule has 0 heterocycles. The molecule has 52 heavy (non-hydrogen) atoms. The highest BCUT2D eigenvalue weighted by Gasteiger charge is 2.51. The van der Waals surface area contributed by atoms with Crippen molar-refractivity contribution in [2.75, 3.05) is 25.2 Å². The molecular formula is C39H63F2NO9S. The van der Waals surface area contributed by atoms with Crippen LogP contribution in [-0.4, -0.2) is 80.3 Å². The Morgan fingerprint density at radius 1 is 0.885 bits per heavy atom. The molecule has 0 aromatic heterocycles. The van der Waals surface area contributed by atoms with Crippen molar-refractivity contribution >= 4 is 27.7 Å². The molecule has 0 aliphatic carbocycles. The molecular weight excluding hydrogens is 696 g/mol. The second-order valence-electron chi connectivity index (χ2n) is 14.3. The number of carbonyl (C=O) groups excluding carboxylic acids is 3. The Balaban J connectivity index is 3.11. The Bertz CT molecular complexity index is 1330. The van der Waals surface area contributed by atoms with E-state index in [2.05, 4.69) is 12.2 Å². The summed E-state index contributed by atoms with van der Waals surface area (Å²) in [6.45, 7) is 9.22. The first-order chi connectivity index (χ1) is 24.5. The van der Waals surface area contributed by atoms with Crippen molar-refractivity contribution in [3.8, 4) is 5.75 Å². The summed E-state index contributed by atoms with van der Waals surface area (Å²) in [4.78, 5) is 39.9. The van der Waals surface area contributed by atoms with E-state index in [1.165, 1.54) is 32.9 Å². The molecule has 0 saturated heterocycles. The number of esters is 2. The smallest absolute Gasteiger partial charge is 0.340 e. The number of ether oxygens (including phenoxy) is 3. The lowest BCUT2D eigenvalue weighted by Crippen LogP contribution is -2.56. The number of alkyl halides is 2. The van der Waals surface area contributed by atoms with Gasteiger partial charge in [0.1, 0.15) is 27.2 Å². The molecule has 1 aromatic carbocycles. The fourth-order valence-corrected chi connectivity index (χ4v) is 6.98. The molecule has 298 valence electrons. The van der Waals surface area contributed by atoms with Crippen molar-refractivity contribution in [3.63, 3.8) is 0 Å². The van der Waals surface area contributed by atoms with Crippen LogP contribution in [0.25, 0.3) is 0 Å². The number of benzene rings is 1. The number of rotatable bonds is 27. The summed E-state index contributed by atoms with van der Waals surface area (Å²) in [6.07, 6.45) is 7.59. The maximum absolute atomic E-state index is 13.9. The predicted molar refractivity (Wildman–Crippen MR) is 199 cm³/mol. The van der Waals surface area contributed by atoms with E-state index >= 15 is 0 Å². The summed E-state index contributed by atoms with van der Waals surface area (Å²) in [7, 11) is -1.97. The van der Waals surface area contributed by atoms with E-state index in [0.717, 1.165) is 45.6 Å². The number of allylic oxidation sites excluding steroid dienone is 1. The van der Waals surface area contributed by atoms with Crippen LogP contribution in [0.5, 0.6) is 5.75 Å². The minimum Gasteiger partial charge on any atom is -0.494 e. The molecule has 0 fully saturated rings. The van der Waals surface area contributed by atoms with E-state index in [0.29, 0.717) is 56.4 Å². The molecule has 1 amide bonds. The van der Waals surface area contributed by atoms with Gasteiger partial charge < -0.3 is 24.6 Å². The zero-order valence-corrected chi connectivity index (χ0v) is 32.9. The molecule has 3 atom stereocenters. The van der Waals surface area contributed by atoms with E-state index in [-0.39, 0.29) is 17.9 Å². The van der Waals surface area contributed by atoms with Crippen LogP contribution in [-0.2, 0) is 40.1 Å². The number of nitrogens with one attached hydrogen (secondary N) is 1. The first-order valence-corrected chi connectivity index (χ1v) is 20.5. The average molecular weight is 760 g/mol. The molecule has 0 bridgehead atoms. The topological polar surface area (TPSA) is 145 Å². The highest BCUT2D eigenvalue weighted by atomic mass is 32.2. The Morgan fingerprint density at radius 3 is 2.00 bits per heavy atom. The fraction of sp³-hybridized carbons (Fsp3) is 0.718. The highest BCUT2D eigenvalue weighted by molar-refractivity contribution is 7.91. The van der Waals surface area contributed by atoms with E-state index in [1.54, 1.807) is 24.3 Å². The highest BCUT2D eigenvalue weighted by Crippen LogP contribution is 2.31. The quantitative estimate of drug-likeness (QED) is 0.0536. The summed E-state index contributed by atoms with van der Waals surface area (Å²) < 4.78 is 68.4. The number of sulfone groups is 1. The Labute approximate surface area is 310 Å². The van der Waals surface area contributed by atoms with E-state index in [4.69, 9.17) is 14.2 Å². The van der Waals surface area contributed by atoms with Gasteiger partial charge in [-0.15, -0.1) is 0 Å². The zero-order chi connectivity index (χ0) is 39.2. The van der Waals surface area contributed by atoms with Crippen LogP contribution in [0.4, 0.5) is 8.78 Å². The number of methoxy groups -OCH3 is 1. The molecule has 0 aliphatic heterocycles. The molecule has 0 radical (unpaired) electrons. The first-order valence-electron chi connectivity index (χ1n) is 18.7. The number of amides is 1. The molecule has 0 unspecified atom stereocenters.